The van der Waals surface area contributed by atoms with Crippen molar-refractivity contribution in [2.24, 2.45) is 0 Å². The van der Waals surface area contributed by atoms with E-state index >= 15 is 0 Å². The van der Waals surface area contributed by atoms with Crippen LogP contribution in [0.4, 0.5) is 0 Å². The molecule has 0 radical (unpaired) electrons. The van der Waals surface area contributed by atoms with E-state index in [0.717, 1.165) is 26.1 Å². The third kappa shape index (κ3) is 63.5. The van der Waals surface area contributed by atoms with Crippen LogP contribution in [0.2, 0.25) is 0 Å². The molecule has 0 aromatic carbocycles. The van der Waals surface area contributed by atoms with Crippen LogP contribution in [0.3, 0.4) is 0 Å². The molecule has 0 N–H and O–H groups in total. The molecule has 0 fully saturated rings. The van der Waals surface area contributed by atoms with E-state index in [1.165, 1.54) is 96.3 Å². The van der Waals surface area contributed by atoms with Crippen molar-refractivity contribution in [3.05, 3.63) is 0 Å². The van der Waals surface area contributed by atoms with E-state index in [1.807, 2.05) is 0 Å². The molecule has 0 bridgehead atoms. The normalized spacial score (nSPS) is 9.43. The highest BCUT2D eigenvalue weighted by molar-refractivity contribution is 4.39. The first-order valence-electron chi connectivity index (χ1n) is 13.2. The average Bonchev–Trinajstić information content (AvgIpc) is 2.72. The molecule has 0 amide bonds. The Morgan fingerprint density at radius 3 is 0.714 bits per heavy atom. The summed E-state index contributed by atoms with van der Waals surface area (Å²) < 4.78 is 5.13. The van der Waals surface area contributed by atoms with E-state index in [1.54, 1.807) is 0 Å². The first kappa shape index (κ1) is 35.4. The lowest BCUT2D eigenvalue weighted by molar-refractivity contribution is 0.135. The third-order valence-corrected chi connectivity index (χ3v) is 4.32. The van der Waals surface area contributed by atoms with Gasteiger partial charge in [-0.15, -0.1) is 0 Å². The molecule has 0 aliphatic heterocycles. The monoisotopic (exact) mass is 402 g/mol. The number of rotatable bonds is 16. The molecule has 0 aromatic heterocycles. The number of ether oxygens (including phenoxy) is 1. The Morgan fingerprint density at radius 2 is 0.500 bits per heavy atom. The van der Waals surface area contributed by atoms with Gasteiger partial charge in [-0.2, -0.15) is 0 Å². The van der Waals surface area contributed by atoms with E-state index in [9.17, 15) is 0 Å². The maximum Gasteiger partial charge on any atom is 0.0463 e. The summed E-state index contributed by atoms with van der Waals surface area (Å²) >= 11 is 0. The smallest absolute Gasteiger partial charge is 0.0463 e. The molecule has 176 valence electrons. The third-order valence-electron chi connectivity index (χ3n) is 4.32. The summed E-state index contributed by atoms with van der Waals surface area (Å²) in [4.78, 5) is 0. The molecule has 0 rings (SSSR count). The zero-order valence-electron chi connectivity index (χ0n) is 21.8. The van der Waals surface area contributed by atoms with Gasteiger partial charge < -0.3 is 4.74 Å². The maximum atomic E-state index is 5.13. The Balaban J connectivity index is -0.000000138. The minimum absolute atomic E-state index is 0.924. The van der Waals surface area contributed by atoms with Gasteiger partial charge >= 0.3 is 0 Å². The number of hydrogen-bond donors (Lipinski definition) is 0. The van der Waals surface area contributed by atoms with Crippen LogP contribution < -0.4 is 0 Å². The Hall–Kier alpha value is -0.0400. The molecule has 28 heavy (non-hydrogen) atoms. The molecule has 0 saturated heterocycles. The molecule has 0 saturated carbocycles. The van der Waals surface area contributed by atoms with Gasteiger partial charge in [0.1, 0.15) is 0 Å². The molecule has 0 aliphatic rings. The van der Waals surface area contributed by atoms with Crippen LogP contribution in [0.25, 0.3) is 0 Å². The lowest BCUT2D eigenvalue weighted by atomic mass is 10.1. The number of hydrogen-bond acceptors (Lipinski definition) is 1. The zero-order valence-corrected chi connectivity index (χ0v) is 21.8. The first-order valence-corrected chi connectivity index (χ1v) is 13.2. The van der Waals surface area contributed by atoms with Crippen molar-refractivity contribution in [2.45, 2.75) is 165 Å². The Kier molecular flexibility index (Phi) is 57.7. The summed E-state index contributed by atoms with van der Waals surface area (Å²) in [5.74, 6) is 0. The lowest BCUT2D eigenvalue weighted by Crippen LogP contribution is -1.92. The Morgan fingerprint density at radius 1 is 0.286 bits per heavy atom. The van der Waals surface area contributed by atoms with Gasteiger partial charge in [0, 0.05) is 13.2 Å². The molecule has 0 aliphatic carbocycles. The van der Waals surface area contributed by atoms with Crippen molar-refractivity contribution in [2.75, 3.05) is 13.2 Å². The fourth-order valence-electron chi connectivity index (χ4n) is 2.42. The SMILES string of the molecule is CCCCCC.CCCCCCC.CCCCCCCC.CCCOCCC. The standard InChI is InChI=1S/C8H18.C7H16.C6H14O.C6H14/c1-3-5-7-8-6-4-2;2*1-3-5-7-6-4-2;1-3-5-6-4-2/h3-8H2,1-2H3;3-7H2,1-2H3;3-6H2,1-2H3;3-6H2,1-2H3. The summed E-state index contributed by atoms with van der Waals surface area (Å²) in [6, 6.07) is 0. The largest absolute Gasteiger partial charge is 0.381 e. The summed E-state index contributed by atoms with van der Waals surface area (Å²) in [7, 11) is 0. The van der Waals surface area contributed by atoms with Crippen LogP contribution in [0.5, 0.6) is 0 Å². The molecule has 0 aromatic rings. The second kappa shape index (κ2) is 45.6. The molecule has 0 heterocycles. The van der Waals surface area contributed by atoms with Crippen LogP contribution in [0.15, 0.2) is 0 Å². The minimum Gasteiger partial charge on any atom is -0.381 e. The van der Waals surface area contributed by atoms with Gasteiger partial charge in [-0.1, -0.05) is 152 Å². The predicted molar refractivity (Wildman–Crippen MR) is 135 cm³/mol. The maximum absolute atomic E-state index is 5.13. The van der Waals surface area contributed by atoms with Crippen LogP contribution >= 0.6 is 0 Å². The second-order valence-electron chi connectivity index (χ2n) is 7.79. The molecule has 0 atom stereocenters. The highest BCUT2D eigenvalue weighted by atomic mass is 16.5. The van der Waals surface area contributed by atoms with E-state index < -0.39 is 0 Å². The lowest BCUT2D eigenvalue weighted by Gasteiger charge is -1.95. The van der Waals surface area contributed by atoms with Crippen LogP contribution in [0.1, 0.15) is 165 Å². The first-order chi connectivity index (χ1) is 13.7. The molecule has 0 spiro atoms. The van der Waals surface area contributed by atoms with Gasteiger partial charge in [0.05, 0.1) is 0 Å². The fraction of sp³-hybridized carbons (Fsp3) is 1.00. The van der Waals surface area contributed by atoms with Gasteiger partial charge in [-0.25, -0.2) is 0 Å². The van der Waals surface area contributed by atoms with Crippen molar-refractivity contribution < 1.29 is 4.74 Å². The van der Waals surface area contributed by atoms with Crippen molar-refractivity contribution in [1.82, 2.24) is 0 Å². The van der Waals surface area contributed by atoms with E-state index in [4.69, 9.17) is 4.74 Å². The van der Waals surface area contributed by atoms with E-state index in [-0.39, 0.29) is 0 Å². The van der Waals surface area contributed by atoms with E-state index in [2.05, 4.69) is 55.4 Å². The molecule has 1 heteroatoms. The summed E-state index contributed by atoms with van der Waals surface area (Å²) in [5, 5.41) is 0. The fourth-order valence-corrected chi connectivity index (χ4v) is 2.42. The second-order valence-corrected chi connectivity index (χ2v) is 7.79. The van der Waals surface area contributed by atoms with Crippen molar-refractivity contribution in [3.8, 4) is 0 Å². The van der Waals surface area contributed by atoms with Crippen molar-refractivity contribution in [1.29, 1.82) is 0 Å². The van der Waals surface area contributed by atoms with Gasteiger partial charge in [-0.3, -0.25) is 0 Å². The quantitative estimate of drug-likeness (QED) is 0.233. The topological polar surface area (TPSA) is 9.23 Å². The van der Waals surface area contributed by atoms with Crippen LogP contribution in [0, 0.1) is 0 Å². The number of unbranched alkanes of at least 4 members (excludes halogenated alkanes) is 12. The summed E-state index contributed by atoms with van der Waals surface area (Å²) in [6.07, 6.45) is 23.3. The Labute approximate surface area is 182 Å². The van der Waals surface area contributed by atoms with Crippen molar-refractivity contribution in [3.63, 3.8) is 0 Å². The highest BCUT2D eigenvalue weighted by Crippen LogP contribution is 2.03. The molecular weight excluding hydrogens is 340 g/mol. The highest BCUT2D eigenvalue weighted by Gasteiger charge is 1.83. The van der Waals surface area contributed by atoms with Crippen molar-refractivity contribution >= 4 is 0 Å². The minimum atomic E-state index is 0.924. The van der Waals surface area contributed by atoms with Gasteiger partial charge in [-0.05, 0) is 12.8 Å². The van der Waals surface area contributed by atoms with Gasteiger partial charge in [0.15, 0.2) is 0 Å². The van der Waals surface area contributed by atoms with Crippen LogP contribution in [-0.2, 0) is 4.74 Å². The van der Waals surface area contributed by atoms with Gasteiger partial charge in [0.25, 0.3) is 0 Å². The predicted octanol–water partition coefficient (Wildman–Crippen LogP) is 10.8. The van der Waals surface area contributed by atoms with Crippen LogP contribution in [-0.4, -0.2) is 13.2 Å². The molecular formula is C27H62O. The van der Waals surface area contributed by atoms with E-state index in [0.29, 0.717) is 0 Å². The summed E-state index contributed by atoms with van der Waals surface area (Å²) in [5.41, 5.74) is 0. The zero-order chi connectivity index (χ0) is 22.1. The Bertz CT molecular complexity index is 151. The molecule has 1 nitrogen and oxygen atoms in total. The van der Waals surface area contributed by atoms with Gasteiger partial charge in [0.2, 0.25) is 0 Å². The summed E-state index contributed by atoms with van der Waals surface area (Å²) in [6.45, 7) is 19.6. The molecule has 0 unspecified atom stereocenters. The average molecular weight is 403 g/mol.